The second-order valence-electron chi connectivity index (χ2n) is 10.1. The lowest BCUT2D eigenvalue weighted by molar-refractivity contribution is -0.137. The molecule has 0 atom stereocenters. The van der Waals surface area contributed by atoms with Gasteiger partial charge >= 0.3 is 6.18 Å². The van der Waals surface area contributed by atoms with Crippen LogP contribution in [0.1, 0.15) is 61.8 Å². The van der Waals surface area contributed by atoms with Crippen molar-refractivity contribution in [3.8, 4) is 5.69 Å². The normalized spacial score (nSPS) is 12.1. The lowest BCUT2D eigenvalue weighted by atomic mass is 9.92. The fourth-order valence-corrected chi connectivity index (χ4v) is 3.54. The van der Waals surface area contributed by atoms with Gasteiger partial charge in [0.15, 0.2) is 0 Å². The maximum absolute atomic E-state index is 13.1. The molecular weight excluding hydrogens is 469 g/mol. The van der Waals surface area contributed by atoms with Crippen molar-refractivity contribution < 1.29 is 22.8 Å². The predicted octanol–water partition coefficient (Wildman–Crippen LogP) is 5.99. The summed E-state index contributed by atoms with van der Waals surface area (Å²) in [5, 5.41) is 7.51. The van der Waals surface area contributed by atoms with E-state index in [1.807, 2.05) is 52.0 Å². The summed E-state index contributed by atoms with van der Waals surface area (Å²) in [7, 11) is 0. The molecule has 3 aromatic rings. The Balaban J connectivity index is 1.87. The fourth-order valence-electron chi connectivity index (χ4n) is 3.54. The summed E-state index contributed by atoms with van der Waals surface area (Å²) in [6.07, 6.45) is -4.57. The highest BCUT2D eigenvalue weighted by atomic mass is 19.4. The summed E-state index contributed by atoms with van der Waals surface area (Å²) in [4.78, 5) is 27.4. The zero-order valence-corrected chi connectivity index (χ0v) is 21.3. The maximum atomic E-state index is 13.1. The standard InChI is InChI=1S/C27H31F3N4O2/c1-17(2)33(25(36)19-8-7-9-20(14-19)27(28,29)30)16-24(35)31-23-15-22(26(4,5)6)32-34(23)21-12-10-18(3)11-13-21/h7-15,17H,16H2,1-6H3,(H,31,35). The minimum Gasteiger partial charge on any atom is -0.327 e. The first kappa shape index (κ1) is 27.0. The highest BCUT2D eigenvalue weighted by Gasteiger charge is 2.32. The van der Waals surface area contributed by atoms with Gasteiger partial charge in [-0.25, -0.2) is 4.68 Å². The summed E-state index contributed by atoms with van der Waals surface area (Å²) in [5.74, 6) is -0.713. The molecular formula is C27H31F3N4O2. The largest absolute Gasteiger partial charge is 0.416 e. The number of anilines is 1. The van der Waals surface area contributed by atoms with Gasteiger partial charge in [-0.1, -0.05) is 44.5 Å². The van der Waals surface area contributed by atoms with E-state index < -0.39 is 29.6 Å². The average Bonchev–Trinajstić information content (AvgIpc) is 3.21. The molecule has 3 rings (SSSR count). The number of hydrogen-bond acceptors (Lipinski definition) is 3. The van der Waals surface area contributed by atoms with Gasteiger partial charge in [0, 0.05) is 23.1 Å². The molecule has 2 aromatic carbocycles. The molecule has 6 nitrogen and oxygen atoms in total. The molecule has 36 heavy (non-hydrogen) atoms. The smallest absolute Gasteiger partial charge is 0.327 e. The Morgan fingerprint density at radius 3 is 2.22 bits per heavy atom. The Morgan fingerprint density at radius 2 is 1.67 bits per heavy atom. The van der Waals surface area contributed by atoms with Crippen LogP contribution in [0.3, 0.4) is 0 Å². The third-order valence-corrected chi connectivity index (χ3v) is 5.66. The number of aromatic nitrogens is 2. The molecule has 0 fully saturated rings. The average molecular weight is 501 g/mol. The highest BCUT2D eigenvalue weighted by Crippen LogP contribution is 2.30. The summed E-state index contributed by atoms with van der Waals surface area (Å²) < 4.78 is 41.0. The molecule has 1 heterocycles. The number of amides is 2. The topological polar surface area (TPSA) is 67.2 Å². The number of benzene rings is 2. The van der Waals surface area contributed by atoms with Gasteiger partial charge in [0.1, 0.15) is 12.4 Å². The van der Waals surface area contributed by atoms with Crippen molar-refractivity contribution >= 4 is 17.6 Å². The molecule has 0 aliphatic rings. The quantitative estimate of drug-likeness (QED) is 0.452. The van der Waals surface area contributed by atoms with Crippen molar-refractivity contribution in [1.29, 1.82) is 0 Å². The fraction of sp³-hybridized carbons (Fsp3) is 0.370. The van der Waals surface area contributed by atoms with Crippen LogP contribution in [0.4, 0.5) is 19.0 Å². The molecule has 0 bridgehead atoms. The molecule has 192 valence electrons. The van der Waals surface area contributed by atoms with Gasteiger partial charge in [0.25, 0.3) is 5.91 Å². The number of aryl methyl sites for hydroxylation is 1. The van der Waals surface area contributed by atoms with Gasteiger partial charge < -0.3 is 10.2 Å². The Morgan fingerprint density at radius 1 is 1.03 bits per heavy atom. The van der Waals surface area contributed by atoms with Crippen LogP contribution in [0.2, 0.25) is 0 Å². The van der Waals surface area contributed by atoms with Gasteiger partial charge in [-0.3, -0.25) is 9.59 Å². The first-order valence-electron chi connectivity index (χ1n) is 11.6. The monoisotopic (exact) mass is 500 g/mol. The van der Waals surface area contributed by atoms with Crippen LogP contribution in [-0.4, -0.2) is 39.1 Å². The van der Waals surface area contributed by atoms with Crippen molar-refractivity contribution in [2.24, 2.45) is 0 Å². The first-order valence-corrected chi connectivity index (χ1v) is 11.6. The third-order valence-electron chi connectivity index (χ3n) is 5.66. The molecule has 0 radical (unpaired) electrons. The van der Waals surface area contributed by atoms with E-state index in [9.17, 15) is 22.8 Å². The summed E-state index contributed by atoms with van der Waals surface area (Å²) in [6.45, 7) is 11.1. The van der Waals surface area contributed by atoms with E-state index in [0.29, 0.717) is 5.82 Å². The zero-order valence-electron chi connectivity index (χ0n) is 21.3. The highest BCUT2D eigenvalue weighted by molar-refractivity contribution is 5.99. The Labute approximate surface area is 209 Å². The van der Waals surface area contributed by atoms with Gasteiger partial charge in [-0.05, 0) is 51.1 Å². The van der Waals surface area contributed by atoms with E-state index in [1.54, 1.807) is 24.6 Å². The van der Waals surface area contributed by atoms with Crippen molar-refractivity contribution in [3.05, 3.63) is 77.0 Å². The number of carbonyl (C=O) groups excluding carboxylic acids is 2. The van der Waals surface area contributed by atoms with Crippen molar-refractivity contribution in [2.75, 3.05) is 11.9 Å². The number of hydrogen-bond donors (Lipinski definition) is 1. The van der Waals surface area contributed by atoms with Gasteiger partial charge in [0.05, 0.1) is 16.9 Å². The second-order valence-corrected chi connectivity index (χ2v) is 10.1. The molecule has 1 N–H and O–H groups in total. The minimum absolute atomic E-state index is 0.133. The van der Waals surface area contributed by atoms with E-state index in [2.05, 4.69) is 10.4 Å². The van der Waals surface area contributed by atoms with Crippen LogP contribution in [0.5, 0.6) is 0 Å². The second kappa shape index (κ2) is 10.2. The number of nitrogens with zero attached hydrogens (tertiary/aromatic N) is 3. The molecule has 0 unspecified atom stereocenters. The van der Waals surface area contributed by atoms with Gasteiger partial charge in [-0.2, -0.15) is 18.3 Å². The maximum Gasteiger partial charge on any atom is 0.416 e. The Kier molecular flexibility index (Phi) is 7.62. The molecule has 2 amide bonds. The summed E-state index contributed by atoms with van der Waals surface area (Å²) in [5.41, 5.74) is 1.27. The van der Waals surface area contributed by atoms with Crippen molar-refractivity contribution in [3.63, 3.8) is 0 Å². The van der Waals surface area contributed by atoms with E-state index in [0.717, 1.165) is 29.1 Å². The van der Waals surface area contributed by atoms with Crippen LogP contribution in [-0.2, 0) is 16.4 Å². The molecule has 1 aromatic heterocycles. The van der Waals surface area contributed by atoms with Crippen molar-refractivity contribution in [2.45, 2.75) is 59.2 Å². The SMILES string of the molecule is Cc1ccc(-n2nc(C(C)(C)C)cc2NC(=O)CN(C(=O)c2cccc(C(F)(F)F)c2)C(C)C)cc1. The molecule has 0 aliphatic heterocycles. The molecule has 9 heteroatoms. The van der Waals surface area contributed by atoms with Crippen molar-refractivity contribution in [1.82, 2.24) is 14.7 Å². The molecule has 0 aliphatic carbocycles. The lowest BCUT2D eigenvalue weighted by Crippen LogP contribution is -2.42. The Bertz CT molecular complexity index is 1240. The van der Waals surface area contributed by atoms with Gasteiger partial charge in [-0.15, -0.1) is 0 Å². The Hall–Kier alpha value is -3.62. The summed E-state index contributed by atoms with van der Waals surface area (Å²) >= 11 is 0. The number of halogens is 3. The minimum atomic E-state index is -4.57. The number of alkyl halides is 3. The molecule has 0 saturated carbocycles. The number of rotatable bonds is 6. The van der Waals surface area contributed by atoms with E-state index >= 15 is 0 Å². The number of carbonyl (C=O) groups is 2. The third kappa shape index (κ3) is 6.33. The van der Waals surface area contributed by atoms with E-state index in [1.165, 1.54) is 17.0 Å². The summed E-state index contributed by atoms with van der Waals surface area (Å²) in [6, 6.07) is 13.2. The molecule has 0 spiro atoms. The van der Waals surface area contributed by atoms with Crippen LogP contribution >= 0.6 is 0 Å². The van der Waals surface area contributed by atoms with Gasteiger partial charge in [0.2, 0.25) is 5.91 Å². The van der Waals surface area contributed by atoms with E-state index in [-0.39, 0.29) is 17.5 Å². The van der Waals surface area contributed by atoms with Crippen LogP contribution < -0.4 is 5.32 Å². The lowest BCUT2D eigenvalue weighted by Gasteiger charge is -2.26. The zero-order chi connectivity index (χ0) is 26.8. The molecule has 0 saturated heterocycles. The van der Waals surface area contributed by atoms with Crippen LogP contribution in [0.15, 0.2) is 54.6 Å². The van der Waals surface area contributed by atoms with Crippen LogP contribution in [0.25, 0.3) is 5.69 Å². The number of nitrogens with one attached hydrogen (secondary N) is 1. The predicted molar refractivity (Wildman–Crippen MR) is 133 cm³/mol. The van der Waals surface area contributed by atoms with Crippen LogP contribution in [0, 0.1) is 6.92 Å². The first-order chi connectivity index (χ1) is 16.7. The van der Waals surface area contributed by atoms with E-state index in [4.69, 9.17) is 0 Å².